The Morgan fingerprint density at radius 3 is 2.48 bits per heavy atom. The fourth-order valence-electron chi connectivity index (χ4n) is 3.79. The van der Waals surface area contributed by atoms with Crippen LogP contribution in [-0.4, -0.2) is 65.4 Å². The third kappa shape index (κ3) is 4.64. The molecule has 25 heavy (non-hydrogen) atoms. The van der Waals surface area contributed by atoms with Gasteiger partial charge < -0.3 is 14.8 Å². The molecule has 0 atom stereocenters. The van der Waals surface area contributed by atoms with Crippen LogP contribution in [0.2, 0.25) is 0 Å². The van der Waals surface area contributed by atoms with Crippen molar-refractivity contribution in [3.05, 3.63) is 22.4 Å². The Bertz CT molecular complexity index is 617. The summed E-state index contributed by atoms with van der Waals surface area (Å²) in [4.78, 5) is 29.0. The third-order valence-corrected chi connectivity index (χ3v) is 5.74. The number of nitrogens with one attached hydrogen (secondary N) is 1. The van der Waals surface area contributed by atoms with Crippen LogP contribution in [0, 0.1) is 5.92 Å². The van der Waals surface area contributed by atoms with Crippen LogP contribution in [0.4, 0.5) is 0 Å². The molecule has 0 aromatic carbocycles. The van der Waals surface area contributed by atoms with Crippen LogP contribution in [0.5, 0.6) is 0 Å². The number of hydrogen-bond donors (Lipinski definition) is 1. The monoisotopic (exact) mass is 410 g/mol. The van der Waals surface area contributed by atoms with Gasteiger partial charge in [0.05, 0.1) is 0 Å². The molecule has 1 saturated heterocycles. The summed E-state index contributed by atoms with van der Waals surface area (Å²) in [5, 5.41) is 2.98. The van der Waals surface area contributed by atoms with Crippen molar-refractivity contribution in [2.45, 2.75) is 25.7 Å². The smallest absolute Gasteiger partial charge is 0.267 e. The van der Waals surface area contributed by atoms with Gasteiger partial charge in [0.15, 0.2) is 0 Å². The highest BCUT2D eigenvalue weighted by atomic mass is 79.9. The molecule has 0 unspecified atom stereocenters. The number of amides is 2. The van der Waals surface area contributed by atoms with Crippen LogP contribution in [0.15, 0.2) is 16.7 Å². The zero-order chi connectivity index (χ0) is 17.8. The van der Waals surface area contributed by atoms with Gasteiger partial charge in [-0.3, -0.25) is 14.5 Å². The van der Waals surface area contributed by atoms with E-state index in [1.807, 2.05) is 28.8 Å². The van der Waals surface area contributed by atoms with Gasteiger partial charge in [-0.2, -0.15) is 0 Å². The minimum atomic E-state index is -0.0525. The number of nitrogens with zero attached hydrogens (tertiary/aromatic N) is 3. The van der Waals surface area contributed by atoms with Gasteiger partial charge in [-0.05, 0) is 34.8 Å². The molecule has 2 aliphatic rings. The highest BCUT2D eigenvalue weighted by Crippen LogP contribution is 2.26. The molecule has 2 fully saturated rings. The normalized spacial score (nSPS) is 19.4. The first-order valence-corrected chi connectivity index (χ1v) is 9.95. The van der Waals surface area contributed by atoms with E-state index in [0.717, 1.165) is 50.0 Å². The Hall–Kier alpha value is -1.34. The second-order valence-electron chi connectivity index (χ2n) is 7.06. The number of hydrogen-bond acceptors (Lipinski definition) is 3. The number of rotatable bonds is 5. The van der Waals surface area contributed by atoms with Gasteiger partial charge in [0.2, 0.25) is 5.91 Å². The summed E-state index contributed by atoms with van der Waals surface area (Å²) in [5.41, 5.74) is 0.652. The van der Waals surface area contributed by atoms with Gasteiger partial charge in [-0.1, -0.05) is 12.8 Å². The van der Waals surface area contributed by atoms with Crippen molar-refractivity contribution in [1.29, 1.82) is 0 Å². The van der Waals surface area contributed by atoms with Crippen molar-refractivity contribution in [2.24, 2.45) is 13.0 Å². The standard InChI is InChI=1S/C18H27BrN4O2/c1-21-13-15(19)12-16(21)17(24)20-6-7-22-8-10-23(11-9-22)18(25)14-4-2-3-5-14/h12-14H,2-11H2,1H3,(H,20,24). The van der Waals surface area contributed by atoms with Crippen molar-refractivity contribution in [3.8, 4) is 0 Å². The number of halogens is 1. The molecule has 0 spiro atoms. The minimum Gasteiger partial charge on any atom is -0.349 e. The molecule has 1 saturated carbocycles. The number of piperazine rings is 1. The van der Waals surface area contributed by atoms with Gasteiger partial charge in [0.25, 0.3) is 5.91 Å². The summed E-state index contributed by atoms with van der Waals surface area (Å²) in [6.07, 6.45) is 6.41. The van der Waals surface area contributed by atoms with E-state index in [1.54, 1.807) is 0 Å². The van der Waals surface area contributed by atoms with Crippen molar-refractivity contribution in [3.63, 3.8) is 0 Å². The van der Waals surface area contributed by atoms with E-state index in [0.29, 0.717) is 18.1 Å². The third-order valence-electron chi connectivity index (χ3n) is 5.31. The molecule has 0 radical (unpaired) electrons. The zero-order valence-electron chi connectivity index (χ0n) is 14.8. The summed E-state index contributed by atoms with van der Waals surface area (Å²) in [6, 6.07) is 1.82. The summed E-state index contributed by atoms with van der Waals surface area (Å²) in [6.45, 7) is 4.86. The molecule has 1 aromatic rings. The number of carbonyl (C=O) groups excluding carboxylic acids is 2. The lowest BCUT2D eigenvalue weighted by Gasteiger charge is -2.36. The minimum absolute atomic E-state index is 0.0525. The summed E-state index contributed by atoms with van der Waals surface area (Å²) < 4.78 is 2.72. The first-order chi connectivity index (χ1) is 12.0. The van der Waals surface area contributed by atoms with E-state index in [2.05, 4.69) is 26.1 Å². The Morgan fingerprint density at radius 1 is 1.20 bits per heavy atom. The molecule has 2 amide bonds. The summed E-state index contributed by atoms with van der Waals surface area (Å²) >= 11 is 3.38. The number of aryl methyl sites for hydroxylation is 1. The molecule has 0 bridgehead atoms. The largest absolute Gasteiger partial charge is 0.349 e. The first-order valence-electron chi connectivity index (χ1n) is 9.16. The fourth-order valence-corrected chi connectivity index (χ4v) is 4.31. The van der Waals surface area contributed by atoms with Gasteiger partial charge in [-0.15, -0.1) is 0 Å². The molecule has 6 nitrogen and oxygen atoms in total. The van der Waals surface area contributed by atoms with E-state index in [1.165, 1.54) is 12.8 Å². The van der Waals surface area contributed by atoms with E-state index in [-0.39, 0.29) is 11.8 Å². The van der Waals surface area contributed by atoms with Gasteiger partial charge in [0, 0.05) is 62.9 Å². The lowest BCUT2D eigenvalue weighted by Crippen LogP contribution is -2.51. The second kappa shape index (κ2) is 8.36. The van der Waals surface area contributed by atoms with Crippen molar-refractivity contribution in [2.75, 3.05) is 39.3 Å². The van der Waals surface area contributed by atoms with Gasteiger partial charge in [0.1, 0.15) is 5.69 Å². The maximum atomic E-state index is 12.4. The van der Waals surface area contributed by atoms with Crippen LogP contribution in [0.25, 0.3) is 0 Å². The van der Waals surface area contributed by atoms with E-state index >= 15 is 0 Å². The van der Waals surface area contributed by atoms with Crippen molar-refractivity contribution >= 4 is 27.7 Å². The van der Waals surface area contributed by atoms with Crippen LogP contribution in [0.3, 0.4) is 0 Å². The molecule has 138 valence electrons. The highest BCUT2D eigenvalue weighted by Gasteiger charge is 2.29. The van der Waals surface area contributed by atoms with Crippen LogP contribution >= 0.6 is 15.9 Å². The second-order valence-corrected chi connectivity index (χ2v) is 7.97. The quantitative estimate of drug-likeness (QED) is 0.805. The Labute approximate surface area is 157 Å². The molecule has 2 heterocycles. The zero-order valence-corrected chi connectivity index (χ0v) is 16.4. The van der Waals surface area contributed by atoms with E-state index in [9.17, 15) is 9.59 Å². The fraction of sp³-hybridized carbons (Fsp3) is 0.667. The molecule has 7 heteroatoms. The Morgan fingerprint density at radius 2 is 1.88 bits per heavy atom. The maximum absolute atomic E-state index is 12.4. The molecular weight excluding hydrogens is 384 g/mol. The molecule has 1 aliphatic carbocycles. The molecule has 1 aromatic heterocycles. The highest BCUT2D eigenvalue weighted by molar-refractivity contribution is 9.10. The predicted octanol–water partition coefficient (Wildman–Crippen LogP) is 1.85. The summed E-state index contributed by atoms with van der Waals surface area (Å²) in [7, 11) is 1.86. The van der Waals surface area contributed by atoms with Gasteiger partial charge in [-0.25, -0.2) is 0 Å². The average molecular weight is 411 g/mol. The van der Waals surface area contributed by atoms with Crippen LogP contribution < -0.4 is 5.32 Å². The lowest BCUT2D eigenvalue weighted by molar-refractivity contribution is -0.137. The average Bonchev–Trinajstić information content (AvgIpc) is 3.24. The van der Waals surface area contributed by atoms with Crippen LogP contribution in [0.1, 0.15) is 36.2 Å². The van der Waals surface area contributed by atoms with E-state index < -0.39 is 0 Å². The first kappa shape index (κ1) is 18.5. The topological polar surface area (TPSA) is 57.6 Å². The van der Waals surface area contributed by atoms with Crippen LogP contribution in [-0.2, 0) is 11.8 Å². The molecule has 1 N–H and O–H groups in total. The van der Waals surface area contributed by atoms with Crippen molar-refractivity contribution < 1.29 is 9.59 Å². The maximum Gasteiger partial charge on any atom is 0.267 e. The Kier molecular flexibility index (Phi) is 6.17. The predicted molar refractivity (Wildman–Crippen MR) is 100 cm³/mol. The summed E-state index contributed by atoms with van der Waals surface area (Å²) in [5.74, 6) is 0.582. The lowest BCUT2D eigenvalue weighted by atomic mass is 10.1. The molecular formula is C18H27BrN4O2. The number of carbonyl (C=O) groups is 2. The van der Waals surface area contributed by atoms with Gasteiger partial charge >= 0.3 is 0 Å². The Balaban J connectivity index is 1.37. The van der Waals surface area contributed by atoms with Crippen molar-refractivity contribution in [1.82, 2.24) is 19.7 Å². The SMILES string of the molecule is Cn1cc(Br)cc1C(=O)NCCN1CCN(C(=O)C2CCCC2)CC1. The molecule has 3 rings (SSSR count). The van der Waals surface area contributed by atoms with E-state index in [4.69, 9.17) is 0 Å². The number of aromatic nitrogens is 1. The molecule has 1 aliphatic heterocycles.